The maximum Gasteiger partial charge on any atom is 0.174 e. The third kappa shape index (κ3) is 9.17. The number of carbonyl (C=O) groups is 1. The summed E-state index contributed by atoms with van der Waals surface area (Å²) in [6, 6.07) is 17.8. The number of hydrogen-bond donors (Lipinski definition) is 6. The van der Waals surface area contributed by atoms with E-state index in [1.807, 2.05) is 49.3 Å². The van der Waals surface area contributed by atoms with Gasteiger partial charge < -0.3 is 41.4 Å². The fourth-order valence-electron chi connectivity index (χ4n) is 5.05. The molecular formula is C33H45N9O3. The second-order valence-electron chi connectivity index (χ2n) is 11.5. The van der Waals surface area contributed by atoms with Gasteiger partial charge in [-0.3, -0.25) is 5.41 Å². The van der Waals surface area contributed by atoms with Crippen LogP contribution in [0.1, 0.15) is 62.0 Å². The van der Waals surface area contributed by atoms with Crippen LogP contribution in [0, 0.1) is 5.41 Å². The summed E-state index contributed by atoms with van der Waals surface area (Å²) < 4.78 is 5.46. The molecule has 12 nitrogen and oxygen atoms in total. The van der Waals surface area contributed by atoms with E-state index in [2.05, 4.69) is 69.3 Å². The largest absolute Gasteiger partial charge is 0.395 e. The second-order valence-corrected chi connectivity index (χ2v) is 11.5. The van der Waals surface area contributed by atoms with Crippen LogP contribution >= 0.6 is 0 Å². The minimum Gasteiger partial charge on any atom is -0.395 e. The van der Waals surface area contributed by atoms with Gasteiger partial charge in [-0.05, 0) is 68.7 Å². The molecule has 3 heterocycles. The van der Waals surface area contributed by atoms with Gasteiger partial charge in [-0.15, -0.1) is 0 Å². The predicted octanol–water partition coefficient (Wildman–Crippen LogP) is 4.81. The number of likely N-dealkylation sites (tertiary alicyclic amines) is 1. The molecule has 0 amide bonds. The predicted molar refractivity (Wildman–Crippen MR) is 180 cm³/mol. The van der Waals surface area contributed by atoms with E-state index in [1.165, 1.54) is 18.9 Å². The Hall–Kier alpha value is -4.65. The number of benzene rings is 2. The molecule has 0 saturated carbocycles. The molecule has 0 bridgehead atoms. The monoisotopic (exact) mass is 615 g/mol. The summed E-state index contributed by atoms with van der Waals surface area (Å²) in [5.74, 6) is 2.65. The van der Waals surface area contributed by atoms with Gasteiger partial charge >= 0.3 is 0 Å². The third-order valence-corrected chi connectivity index (χ3v) is 7.47. The van der Waals surface area contributed by atoms with Crippen molar-refractivity contribution in [2.75, 3.05) is 49.7 Å². The molecule has 0 spiro atoms. The first-order valence-corrected chi connectivity index (χ1v) is 14.8. The first kappa shape index (κ1) is 34.8. The Morgan fingerprint density at radius 1 is 1.02 bits per heavy atom. The molecule has 0 aliphatic carbocycles. The molecular weight excluding hydrogens is 570 g/mol. The lowest BCUT2D eigenvalue weighted by atomic mass is 9.88. The maximum absolute atomic E-state index is 9.19. The number of nitrogens with one attached hydrogen (secondary N) is 3. The van der Waals surface area contributed by atoms with E-state index in [9.17, 15) is 5.11 Å². The molecule has 2 aromatic carbocycles. The summed E-state index contributed by atoms with van der Waals surface area (Å²) in [4.78, 5) is 18.9. The van der Waals surface area contributed by atoms with E-state index < -0.39 is 0 Å². The number of nitrogens with two attached hydrogens (primary N) is 2. The van der Waals surface area contributed by atoms with Crippen LogP contribution in [0.5, 0.6) is 0 Å². The molecule has 240 valence electrons. The number of nitrogen functional groups attached to an aromatic ring is 1. The second kappa shape index (κ2) is 16.4. The number of anilines is 5. The highest BCUT2D eigenvalue weighted by Crippen LogP contribution is 2.31. The molecule has 45 heavy (non-hydrogen) atoms. The van der Waals surface area contributed by atoms with Gasteiger partial charge in [0.05, 0.1) is 17.9 Å². The van der Waals surface area contributed by atoms with Crippen LogP contribution in [0.4, 0.5) is 28.8 Å². The molecule has 2 aromatic heterocycles. The van der Waals surface area contributed by atoms with Gasteiger partial charge in [0.1, 0.15) is 30.5 Å². The summed E-state index contributed by atoms with van der Waals surface area (Å²) in [5, 5.41) is 28.8. The Morgan fingerprint density at radius 2 is 1.62 bits per heavy atom. The molecule has 4 aromatic rings. The molecule has 1 saturated heterocycles. The van der Waals surface area contributed by atoms with Crippen molar-refractivity contribution < 1.29 is 14.4 Å². The van der Waals surface area contributed by atoms with Crippen molar-refractivity contribution in [1.29, 1.82) is 5.41 Å². The fourth-order valence-corrected chi connectivity index (χ4v) is 5.05. The number of piperidine rings is 1. The minimum atomic E-state index is -0.119. The van der Waals surface area contributed by atoms with Gasteiger partial charge in [0.15, 0.2) is 5.82 Å². The van der Waals surface area contributed by atoms with Crippen molar-refractivity contribution in [3.8, 4) is 0 Å². The zero-order valence-electron chi connectivity index (χ0n) is 26.5. The van der Waals surface area contributed by atoms with Crippen molar-refractivity contribution >= 4 is 41.3 Å². The van der Waals surface area contributed by atoms with Gasteiger partial charge in [-0.2, -0.15) is 0 Å². The highest BCUT2D eigenvalue weighted by atomic mass is 16.5. The standard InChI is InChI=1S/C31H38N8O2.CH5N.CH2O/c1-31(2,3)25-18-26(38-41-25)36-23-8-10-24(11-9-23)37-30-27(29(33)34-19-35-30)28(32)22-6-4-20(5-7-22)21-12-14-39(15-13-21)16-17-40;2*1-2/h4-11,18-19,21,32,40H,12-17H2,1-3H3,(H,36,38)(H3,33,34,35,37);2H2,1H3;1H2. The van der Waals surface area contributed by atoms with Crippen molar-refractivity contribution in [3.63, 3.8) is 0 Å². The van der Waals surface area contributed by atoms with Crippen molar-refractivity contribution in [3.05, 3.63) is 83.4 Å². The van der Waals surface area contributed by atoms with Crippen molar-refractivity contribution in [2.24, 2.45) is 5.73 Å². The number of β-amino-alcohol motifs (C(OH)–C–C–N with tert-alkyl or cyclic N) is 1. The van der Waals surface area contributed by atoms with E-state index in [-0.39, 0.29) is 23.6 Å². The third-order valence-electron chi connectivity index (χ3n) is 7.47. The number of aromatic nitrogens is 3. The lowest BCUT2D eigenvalue weighted by Gasteiger charge is -2.31. The van der Waals surface area contributed by atoms with Crippen LogP contribution in [0.2, 0.25) is 0 Å². The quantitative estimate of drug-likeness (QED) is 0.142. The molecule has 1 aliphatic rings. The van der Waals surface area contributed by atoms with Crippen molar-refractivity contribution in [1.82, 2.24) is 20.0 Å². The SMILES string of the molecule is C=O.CC(C)(C)c1cc(Nc2ccc(Nc3ncnc(N)c3C(=N)c3ccc(C4CCN(CCO)CC4)cc3)cc2)no1.CN. The summed E-state index contributed by atoms with van der Waals surface area (Å²) in [6.45, 7) is 11.2. The zero-order chi connectivity index (χ0) is 33.0. The lowest BCUT2D eigenvalue weighted by Crippen LogP contribution is -2.34. The van der Waals surface area contributed by atoms with Gasteiger partial charge in [0, 0.05) is 35.0 Å². The van der Waals surface area contributed by atoms with Crippen LogP contribution in [0.25, 0.3) is 0 Å². The molecule has 0 radical (unpaired) electrons. The Balaban J connectivity index is 0.00000133. The van der Waals surface area contributed by atoms with Crippen LogP contribution in [0.15, 0.2) is 65.4 Å². The lowest BCUT2D eigenvalue weighted by molar-refractivity contribution is -0.0980. The number of aliphatic hydroxyl groups excluding tert-OH is 1. The van der Waals surface area contributed by atoms with Crippen LogP contribution in [0.3, 0.4) is 0 Å². The molecule has 5 rings (SSSR count). The molecule has 8 N–H and O–H groups in total. The van der Waals surface area contributed by atoms with Crippen LogP contribution in [-0.2, 0) is 10.2 Å². The fraction of sp³-hybridized carbons (Fsp3) is 0.364. The number of aliphatic hydroxyl groups is 1. The summed E-state index contributed by atoms with van der Waals surface area (Å²) >= 11 is 0. The Labute approximate surface area is 264 Å². The molecule has 1 aliphatic heterocycles. The molecule has 1 fully saturated rings. The Morgan fingerprint density at radius 3 is 2.18 bits per heavy atom. The van der Waals surface area contributed by atoms with Gasteiger partial charge in [0.2, 0.25) is 0 Å². The number of nitrogens with zero attached hydrogens (tertiary/aromatic N) is 4. The summed E-state index contributed by atoms with van der Waals surface area (Å²) in [5.41, 5.74) is 15.0. The van der Waals surface area contributed by atoms with E-state index in [4.69, 9.17) is 20.5 Å². The highest BCUT2D eigenvalue weighted by Gasteiger charge is 2.22. The molecule has 0 unspecified atom stereocenters. The highest BCUT2D eigenvalue weighted by molar-refractivity contribution is 6.16. The first-order valence-electron chi connectivity index (χ1n) is 14.8. The van der Waals surface area contributed by atoms with Gasteiger partial charge in [-0.1, -0.05) is 50.2 Å². The van der Waals surface area contributed by atoms with Gasteiger partial charge in [0.25, 0.3) is 0 Å². The van der Waals surface area contributed by atoms with Gasteiger partial charge in [-0.25, -0.2) is 9.97 Å². The minimum absolute atomic E-state index is 0.119. The van der Waals surface area contributed by atoms with Crippen LogP contribution < -0.4 is 22.1 Å². The topological polar surface area (TPSA) is 192 Å². The Bertz CT molecular complexity index is 1490. The van der Waals surface area contributed by atoms with E-state index in [0.717, 1.165) is 55.2 Å². The summed E-state index contributed by atoms with van der Waals surface area (Å²) in [7, 11) is 1.50. The smallest absolute Gasteiger partial charge is 0.174 e. The number of rotatable bonds is 9. The van der Waals surface area contributed by atoms with Crippen LogP contribution in [-0.4, -0.2) is 70.9 Å². The first-order chi connectivity index (χ1) is 21.7. The van der Waals surface area contributed by atoms with E-state index >= 15 is 0 Å². The molecule has 0 atom stereocenters. The van der Waals surface area contributed by atoms with E-state index in [1.54, 1.807) is 0 Å². The molecule has 12 heteroatoms. The number of carbonyl (C=O) groups excluding carboxylic acids is 1. The zero-order valence-corrected chi connectivity index (χ0v) is 26.5. The van der Waals surface area contributed by atoms with Crippen molar-refractivity contribution in [2.45, 2.75) is 44.9 Å². The summed E-state index contributed by atoms with van der Waals surface area (Å²) in [6.07, 6.45) is 3.53. The normalized spacial score (nSPS) is 13.6. The Kier molecular flexibility index (Phi) is 12.7. The van der Waals surface area contributed by atoms with E-state index in [0.29, 0.717) is 23.1 Å². The maximum atomic E-state index is 9.19. The number of hydrogen-bond acceptors (Lipinski definition) is 12. The average Bonchev–Trinajstić information content (AvgIpc) is 3.54. The average molecular weight is 616 g/mol.